The van der Waals surface area contributed by atoms with Gasteiger partial charge >= 0.3 is 0 Å². The van der Waals surface area contributed by atoms with E-state index in [9.17, 15) is 14.4 Å². The number of rotatable bonds is 5. The summed E-state index contributed by atoms with van der Waals surface area (Å²) in [6, 6.07) is 13.5. The Bertz CT molecular complexity index is 772. The van der Waals surface area contributed by atoms with Gasteiger partial charge in [-0.3, -0.25) is 25.2 Å². The van der Waals surface area contributed by atoms with Crippen LogP contribution in [0.4, 0.5) is 5.69 Å². The van der Waals surface area contributed by atoms with Crippen molar-refractivity contribution in [2.75, 3.05) is 12.4 Å². The van der Waals surface area contributed by atoms with Crippen molar-refractivity contribution in [2.24, 2.45) is 0 Å². The van der Waals surface area contributed by atoms with E-state index in [4.69, 9.17) is 4.74 Å². The second-order valence-electron chi connectivity index (χ2n) is 5.29. The highest BCUT2D eigenvalue weighted by atomic mass is 16.5. The quantitative estimate of drug-likeness (QED) is 0.721. The highest BCUT2D eigenvalue weighted by molar-refractivity contribution is 5.97. The first-order chi connectivity index (χ1) is 12.0. The van der Waals surface area contributed by atoms with Crippen molar-refractivity contribution in [3.8, 4) is 5.75 Å². The van der Waals surface area contributed by atoms with Crippen LogP contribution in [-0.2, 0) is 16.0 Å². The lowest BCUT2D eigenvalue weighted by atomic mass is 10.1. The molecule has 3 N–H and O–H groups in total. The molecule has 7 heteroatoms. The predicted octanol–water partition coefficient (Wildman–Crippen LogP) is 1.66. The molecule has 2 rings (SSSR count). The highest BCUT2D eigenvalue weighted by Crippen LogP contribution is 2.12. The standard InChI is InChI=1S/C18H19N3O4/c1-12(22)19-15-5-3-4-14(11-15)18(24)21-20-17(23)10-13-6-8-16(25-2)9-7-13/h3-9,11H,10H2,1-2H3,(H,19,22)(H,20,23)(H,21,24). The Morgan fingerprint density at radius 1 is 1.00 bits per heavy atom. The minimum atomic E-state index is -0.477. The maximum Gasteiger partial charge on any atom is 0.269 e. The molecule has 0 aliphatic rings. The second kappa shape index (κ2) is 8.49. The lowest BCUT2D eigenvalue weighted by Gasteiger charge is -2.09. The molecule has 2 aromatic rings. The van der Waals surface area contributed by atoms with Gasteiger partial charge in [-0.05, 0) is 35.9 Å². The topological polar surface area (TPSA) is 96.5 Å². The molecule has 0 atom stereocenters. The van der Waals surface area contributed by atoms with E-state index in [-0.39, 0.29) is 18.2 Å². The van der Waals surface area contributed by atoms with Gasteiger partial charge in [0.1, 0.15) is 5.75 Å². The zero-order valence-corrected chi connectivity index (χ0v) is 14.0. The Morgan fingerprint density at radius 2 is 1.72 bits per heavy atom. The smallest absolute Gasteiger partial charge is 0.269 e. The van der Waals surface area contributed by atoms with Crippen LogP contribution in [0.25, 0.3) is 0 Å². The van der Waals surface area contributed by atoms with E-state index < -0.39 is 5.91 Å². The number of amides is 3. The summed E-state index contributed by atoms with van der Waals surface area (Å²) in [7, 11) is 1.57. The minimum Gasteiger partial charge on any atom is -0.497 e. The van der Waals surface area contributed by atoms with Crippen LogP contribution >= 0.6 is 0 Å². The van der Waals surface area contributed by atoms with Gasteiger partial charge in [0.15, 0.2) is 0 Å². The van der Waals surface area contributed by atoms with Crippen LogP contribution < -0.4 is 20.9 Å². The monoisotopic (exact) mass is 341 g/mol. The Morgan fingerprint density at radius 3 is 2.36 bits per heavy atom. The average molecular weight is 341 g/mol. The first-order valence-electron chi connectivity index (χ1n) is 7.57. The number of hydrogen-bond acceptors (Lipinski definition) is 4. The largest absolute Gasteiger partial charge is 0.497 e. The third-order valence-electron chi connectivity index (χ3n) is 3.28. The van der Waals surface area contributed by atoms with Gasteiger partial charge in [-0.1, -0.05) is 18.2 Å². The first kappa shape index (κ1) is 18.0. The minimum absolute atomic E-state index is 0.121. The summed E-state index contributed by atoms with van der Waals surface area (Å²) < 4.78 is 5.05. The Hall–Kier alpha value is -3.35. The molecule has 0 aliphatic carbocycles. The van der Waals surface area contributed by atoms with Crippen LogP contribution in [-0.4, -0.2) is 24.8 Å². The third-order valence-corrected chi connectivity index (χ3v) is 3.28. The van der Waals surface area contributed by atoms with Gasteiger partial charge in [0.2, 0.25) is 11.8 Å². The predicted molar refractivity (Wildman–Crippen MR) is 93.1 cm³/mol. The zero-order valence-electron chi connectivity index (χ0n) is 14.0. The number of benzene rings is 2. The summed E-state index contributed by atoms with van der Waals surface area (Å²) in [6.45, 7) is 1.38. The van der Waals surface area contributed by atoms with Crippen molar-refractivity contribution in [1.29, 1.82) is 0 Å². The summed E-state index contributed by atoms with van der Waals surface area (Å²) in [5.41, 5.74) is 6.32. The molecule has 0 heterocycles. The van der Waals surface area contributed by atoms with Gasteiger partial charge in [0.25, 0.3) is 5.91 Å². The number of nitrogens with one attached hydrogen (secondary N) is 3. The number of carbonyl (C=O) groups excluding carboxylic acids is 3. The summed E-state index contributed by atoms with van der Waals surface area (Å²) in [6.07, 6.45) is 0.121. The Labute approximate surface area is 145 Å². The molecule has 3 amide bonds. The van der Waals surface area contributed by atoms with E-state index in [2.05, 4.69) is 16.2 Å². The molecule has 0 fully saturated rings. The molecular weight excluding hydrogens is 322 g/mol. The number of anilines is 1. The molecule has 25 heavy (non-hydrogen) atoms. The molecule has 0 aromatic heterocycles. The van der Waals surface area contributed by atoms with Crippen LogP contribution in [0.1, 0.15) is 22.8 Å². The van der Waals surface area contributed by atoms with E-state index in [1.807, 2.05) is 0 Å². The number of carbonyl (C=O) groups is 3. The lowest BCUT2D eigenvalue weighted by Crippen LogP contribution is -2.42. The molecule has 130 valence electrons. The van der Waals surface area contributed by atoms with Crippen molar-refractivity contribution in [3.63, 3.8) is 0 Å². The average Bonchev–Trinajstić information content (AvgIpc) is 2.60. The Kier molecular flexibility index (Phi) is 6.11. The van der Waals surface area contributed by atoms with Crippen molar-refractivity contribution < 1.29 is 19.1 Å². The van der Waals surface area contributed by atoms with Crippen LogP contribution in [0.2, 0.25) is 0 Å². The molecule has 2 aromatic carbocycles. The fourth-order valence-corrected chi connectivity index (χ4v) is 2.11. The number of ether oxygens (including phenoxy) is 1. The maximum absolute atomic E-state index is 12.1. The summed E-state index contributed by atoms with van der Waals surface area (Å²) in [5.74, 6) is -0.353. The SMILES string of the molecule is COc1ccc(CC(=O)NNC(=O)c2cccc(NC(C)=O)c2)cc1. The van der Waals surface area contributed by atoms with E-state index >= 15 is 0 Å². The third kappa shape index (κ3) is 5.65. The van der Waals surface area contributed by atoms with Gasteiger partial charge in [0.05, 0.1) is 13.5 Å². The van der Waals surface area contributed by atoms with Crippen LogP contribution in [0.5, 0.6) is 5.75 Å². The van der Waals surface area contributed by atoms with Crippen LogP contribution in [0.15, 0.2) is 48.5 Å². The van der Waals surface area contributed by atoms with Gasteiger partial charge in [-0.2, -0.15) is 0 Å². The van der Waals surface area contributed by atoms with E-state index in [1.165, 1.54) is 13.0 Å². The molecule has 0 aliphatic heterocycles. The molecule has 0 spiro atoms. The molecule has 0 radical (unpaired) electrons. The normalized spacial score (nSPS) is 9.84. The molecule has 0 saturated carbocycles. The van der Waals surface area contributed by atoms with E-state index in [0.717, 1.165) is 5.56 Å². The van der Waals surface area contributed by atoms with E-state index in [0.29, 0.717) is 17.0 Å². The summed E-state index contributed by atoms with van der Waals surface area (Å²) in [5, 5.41) is 2.59. The van der Waals surface area contributed by atoms with Crippen LogP contribution in [0, 0.1) is 0 Å². The first-order valence-corrected chi connectivity index (χ1v) is 7.57. The number of hydrogen-bond donors (Lipinski definition) is 3. The maximum atomic E-state index is 12.1. The van der Waals surface area contributed by atoms with Crippen molar-refractivity contribution in [2.45, 2.75) is 13.3 Å². The van der Waals surface area contributed by atoms with Gasteiger partial charge in [0, 0.05) is 18.2 Å². The zero-order chi connectivity index (χ0) is 18.2. The Balaban J connectivity index is 1.88. The molecule has 0 saturated heterocycles. The molecule has 7 nitrogen and oxygen atoms in total. The summed E-state index contributed by atoms with van der Waals surface area (Å²) >= 11 is 0. The molecule has 0 unspecified atom stereocenters. The van der Waals surface area contributed by atoms with Gasteiger partial charge < -0.3 is 10.1 Å². The van der Waals surface area contributed by atoms with Crippen molar-refractivity contribution in [1.82, 2.24) is 10.9 Å². The molecular formula is C18H19N3O4. The van der Waals surface area contributed by atoms with Crippen molar-refractivity contribution in [3.05, 3.63) is 59.7 Å². The lowest BCUT2D eigenvalue weighted by molar-refractivity contribution is -0.121. The summed E-state index contributed by atoms with van der Waals surface area (Å²) in [4.78, 5) is 35.0. The molecule has 0 bridgehead atoms. The number of methoxy groups -OCH3 is 1. The van der Waals surface area contributed by atoms with Crippen LogP contribution in [0.3, 0.4) is 0 Å². The highest BCUT2D eigenvalue weighted by Gasteiger charge is 2.09. The van der Waals surface area contributed by atoms with Gasteiger partial charge in [-0.15, -0.1) is 0 Å². The fraction of sp³-hybridized carbons (Fsp3) is 0.167. The van der Waals surface area contributed by atoms with Crippen molar-refractivity contribution >= 4 is 23.4 Å². The van der Waals surface area contributed by atoms with Gasteiger partial charge in [-0.25, -0.2) is 0 Å². The second-order valence-corrected chi connectivity index (χ2v) is 5.29. The fourth-order valence-electron chi connectivity index (χ4n) is 2.11. The van der Waals surface area contributed by atoms with E-state index in [1.54, 1.807) is 49.6 Å². The number of hydrazine groups is 1.